The van der Waals surface area contributed by atoms with Crippen LogP contribution in [-0.4, -0.2) is 43.1 Å². The Kier molecular flexibility index (Phi) is 3.45. The van der Waals surface area contributed by atoms with Crippen LogP contribution in [0.3, 0.4) is 0 Å². The van der Waals surface area contributed by atoms with Crippen molar-refractivity contribution >= 4 is 15.8 Å². The fraction of sp³-hybridized carbons (Fsp3) is 0.231. The van der Waals surface area contributed by atoms with Gasteiger partial charge < -0.3 is 14.4 Å². The largest absolute Gasteiger partial charge is 0.476 e. The highest BCUT2D eigenvalue weighted by Gasteiger charge is 2.35. The second kappa shape index (κ2) is 5.18. The van der Waals surface area contributed by atoms with Gasteiger partial charge in [-0.2, -0.15) is 0 Å². The molecule has 9 heteroatoms. The number of carboxylic acids is 1. The minimum Gasteiger partial charge on any atom is -0.476 e. The van der Waals surface area contributed by atoms with Crippen LogP contribution in [0, 0.1) is 5.82 Å². The zero-order chi connectivity index (χ0) is 15.9. The van der Waals surface area contributed by atoms with E-state index >= 15 is 0 Å². The molecule has 1 aromatic heterocycles. The average Bonchev–Trinajstić information content (AvgIpc) is 2.85. The van der Waals surface area contributed by atoms with Crippen molar-refractivity contribution in [3.05, 3.63) is 35.8 Å². The summed E-state index contributed by atoms with van der Waals surface area (Å²) in [6.45, 7) is 0.0984. The zero-order valence-corrected chi connectivity index (χ0v) is 11.8. The maximum atomic E-state index is 14.1. The zero-order valence-electron chi connectivity index (χ0n) is 11.0. The van der Waals surface area contributed by atoms with Crippen LogP contribution in [0.15, 0.2) is 33.7 Å². The third-order valence-corrected chi connectivity index (χ3v) is 5.39. The predicted octanol–water partition coefficient (Wildman–Crippen LogP) is 1.35. The van der Waals surface area contributed by atoms with Gasteiger partial charge in [0.05, 0.1) is 13.2 Å². The van der Waals surface area contributed by atoms with Crippen molar-refractivity contribution in [2.24, 2.45) is 0 Å². The van der Waals surface area contributed by atoms with Crippen LogP contribution in [0.1, 0.15) is 10.5 Å². The Bertz CT molecular complexity index is 840. The highest BCUT2D eigenvalue weighted by Crippen LogP contribution is 2.28. The van der Waals surface area contributed by atoms with E-state index in [1.807, 2.05) is 0 Å². The van der Waals surface area contributed by atoms with Crippen LogP contribution in [0.5, 0.6) is 0 Å². The van der Waals surface area contributed by atoms with Crippen molar-refractivity contribution in [2.45, 2.75) is 10.1 Å². The van der Waals surface area contributed by atoms with E-state index in [1.54, 1.807) is 0 Å². The van der Waals surface area contributed by atoms with E-state index in [-0.39, 0.29) is 30.2 Å². The molecule has 22 heavy (non-hydrogen) atoms. The molecule has 1 saturated heterocycles. The molecule has 0 spiro atoms. The number of aromatic carboxylic acids is 1. The number of carboxylic acid groups (broad SMARTS) is 1. The summed E-state index contributed by atoms with van der Waals surface area (Å²) >= 11 is 0. The van der Waals surface area contributed by atoms with Crippen LogP contribution in [-0.2, 0) is 14.6 Å². The number of carbonyl (C=O) groups is 1. The van der Waals surface area contributed by atoms with E-state index < -0.39 is 31.8 Å². The molecular formula is C13H10FNO6S. The first kappa shape index (κ1) is 14.7. The molecule has 0 unspecified atom stereocenters. The quantitative estimate of drug-likeness (QED) is 0.903. The number of sulfone groups is 1. The van der Waals surface area contributed by atoms with Crippen molar-refractivity contribution in [3.63, 3.8) is 0 Å². The van der Waals surface area contributed by atoms with Gasteiger partial charge in [-0.05, 0) is 18.2 Å². The predicted molar refractivity (Wildman–Crippen MR) is 70.6 cm³/mol. The van der Waals surface area contributed by atoms with Crippen molar-refractivity contribution < 1.29 is 32.0 Å². The van der Waals surface area contributed by atoms with E-state index in [2.05, 4.69) is 5.16 Å². The molecule has 2 aromatic rings. The molecular weight excluding hydrogens is 317 g/mol. The third-order valence-electron chi connectivity index (χ3n) is 3.30. The molecule has 0 bridgehead atoms. The summed E-state index contributed by atoms with van der Waals surface area (Å²) < 4.78 is 48.0. The first-order valence-corrected chi connectivity index (χ1v) is 7.76. The topological polar surface area (TPSA) is 107 Å². The van der Waals surface area contributed by atoms with Gasteiger partial charge in [-0.25, -0.2) is 17.6 Å². The summed E-state index contributed by atoms with van der Waals surface area (Å²) in [6.07, 6.45) is 0. The lowest BCUT2D eigenvalue weighted by Gasteiger charge is -2.25. The molecule has 7 nitrogen and oxygen atoms in total. The van der Waals surface area contributed by atoms with Gasteiger partial charge in [0.15, 0.2) is 21.3 Å². The lowest BCUT2D eigenvalue weighted by Crippen LogP contribution is -2.40. The van der Waals surface area contributed by atoms with Crippen LogP contribution in [0.25, 0.3) is 11.3 Å². The van der Waals surface area contributed by atoms with Gasteiger partial charge in [-0.3, -0.25) is 0 Å². The van der Waals surface area contributed by atoms with Crippen molar-refractivity contribution in [3.8, 4) is 11.3 Å². The summed E-state index contributed by atoms with van der Waals surface area (Å²) in [4.78, 5) is 10.3. The number of rotatable bonds is 4. The molecule has 0 radical (unpaired) electrons. The van der Waals surface area contributed by atoms with Crippen molar-refractivity contribution in [1.29, 1.82) is 0 Å². The number of nitrogens with zero attached hydrogens (tertiary/aromatic N) is 1. The normalized spacial score (nSPS) is 15.5. The van der Waals surface area contributed by atoms with Gasteiger partial charge in [0.1, 0.15) is 16.0 Å². The molecule has 1 aliphatic rings. The molecule has 1 aliphatic heterocycles. The van der Waals surface area contributed by atoms with Crippen LogP contribution < -0.4 is 0 Å². The van der Waals surface area contributed by atoms with E-state index in [0.29, 0.717) is 0 Å². The van der Waals surface area contributed by atoms with Crippen LogP contribution in [0.4, 0.5) is 4.39 Å². The smallest absolute Gasteiger partial charge is 0.358 e. The Hall–Kier alpha value is -2.26. The number of aromatic nitrogens is 1. The lowest BCUT2D eigenvalue weighted by molar-refractivity contribution is 0.0415. The molecule has 3 rings (SSSR count). The number of ether oxygens (including phenoxy) is 1. The SMILES string of the molecule is O=C(O)c1cc(-c2ccc(S(=O)(=O)C3COC3)c(F)c2)on1. The fourth-order valence-electron chi connectivity index (χ4n) is 1.97. The summed E-state index contributed by atoms with van der Waals surface area (Å²) in [6, 6.07) is 4.56. The Morgan fingerprint density at radius 1 is 1.32 bits per heavy atom. The van der Waals surface area contributed by atoms with Gasteiger partial charge in [0.2, 0.25) is 0 Å². The van der Waals surface area contributed by atoms with Crippen LogP contribution >= 0.6 is 0 Å². The van der Waals surface area contributed by atoms with E-state index in [9.17, 15) is 17.6 Å². The van der Waals surface area contributed by atoms with E-state index in [4.69, 9.17) is 14.4 Å². The monoisotopic (exact) mass is 327 g/mol. The molecule has 2 heterocycles. The number of benzene rings is 1. The number of hydrogen-bond acceptors (Lipinski definition) is 6. The summed E-state index contributed by atoms with van der Waals surface area (Å²) in [5.74, 6) is -2.18. The summed E-state index contributed by atoms with van der Waals surface area (Å²) in [7, 11) is -3.78. The fourth-order valence-corrected chi connectivity index (χ4v) is 3.47. The van der Waals surface area contributed by atoms with E-state index in [1.165, 1.54) is 6.07 Å². The first-order chi connectivity index (χ1) is 10.4. The lowest BCUT2D eigenvalue weighted by atomic mass is 10.1. The minimum absolute atomic E-state index is 0.0345. The van der Waals surface area contributed by atoms with Crippen molar-refractivity contribution in [2.75, 3.05) is 13.2 Å². The molecule has 1 fully saturated rings. The maximum absolute atomic E-state index is 14.1. The Morgan fingerprint density at radius 2 is 2.05 bits per heavy atom. The molecule has 0 saturated carbocycles. The average molecular weight is 327 g/mol. The molecule has 0 amide bonds. The van der Waals surface area contributed by atoms with Gasteiger partial charge in [0, 0.05) is 11.6 Å². The third kappa shape index (κ3) is 2.38. The number of halogens is 1. The van der Waals surface area contributed by atoms with Gasteiger partial charge >= 0.3 is 5.97 Å². The maximum Gasteiger partial charge on any atom is 0.358 e. The summed E-state index contributed by atoms with van der Waals surface area (Å²) in [5, 5.41) is 11.3. The van der Waals surface area contributed by atoms with Gasteiger partial charge in [0.25, 0.3) is 0 Å². The van der Waals surface area contributed by atoms with E-state index in [0.717, 1.165) is 18.2 Å². The highest BCUT2D eigenvalue weighted by atomic mass is 32.2. The van der Waals surface area contributed by atoms with Crippen molar-refractivity contribution in [1.82, 2.24) is 5.16 Å². The second-order valence-electron chi connectivity index (χ2n) is 4.73. The Morgan fingerprint density at radius 3 is 2.55 bits per heavy atom. The number of hydrogen-bond donors (Lipinski definition) is 1. The van der Waals surface area contributed by atoms with Crippen LogP contribution in [0.2, 0.25) is 0 Å². The molecule has 0 atom stereocenters. The molecule has 116 valence electrons. The Labute approximate surface area is 124 Å². The second-order valence-corrected chi connectivity index (χ2v) is 6.93. The first-order valence-electron chi connectivity index (χ1n) is 6.21. The Balaban J connectivity index is 1.96. The van der Waals surface area contributed by atoms with Gasteiger partial charge in [-0.15, -0.1) is 0 Å². The standard InChI is InChI=1S/C13H10FNO6S/c14-9-3-7(11-4-10(13(16)17)15-21-11)1-2-12(9)22(18,19)8-5-20-6-8/h1-4,8H,5-6H2,(H,16,17). The molecule has 1 aromatic carbocycles. The highest BCUT2D eigenvalue weighted by molar-refractivity contribution is 7.92. The molecule has 0 aliphatic carbocycles. The molecule has 1 N–H and O–H groups in total. The van der Waals surface area contributed by atoms with Gasteiger partial charge in [-0.1, -0.05) is 5.16 Å². The minimum atomic E-state index is -3.78. The summed E-state index contributed by atoms with van der Waals surface area (Å²) in [5.41, 5.74) is -0.125.